The van der Waals surface area contributed by atoms with E-state index in [1.54, 1.807) is 24.3 Å². The molecule has 7 nitrogen and oxygen atoms in total. The molecule has 10 heteroatoms. The second-order valence-corrected chi connectivity index (χ2v) is 8.57. The third-order valence-electron chi connectivity index (χ3n) is 3.78. The standard InChI is InChI=1S/C20H17Br2N3O4S/c1-2-28-13-8-11(9-14-19(27)25-20(23)30-14)16(21)17(22)18(13)29-10-15(26)24-12-6-4-3-5-7-12/h3-9H,2,10H2,1H3,(H,24,26)(H2,23,25,27)/b14-9-. The van der Waals surface area contributed by atoms with Gasteiger partial charge in [0.25, 0.3) is 11.8 Å². The number of nitrogens with zero attached hydrogens (tertiary/aromatic N) is 1. The Morgan fingerprint density at radius 1 is 1.23 bits per heavy atom. The zero-order valence-electron chi connectivity index (χ0n) is 15.8. The summed E-state index contributed by atoms with van der Waals surface area (Å²) in [5.74, 6) is 0.0985. The Kier molecular flexibility index (Phi) is 7.57. The second kappa shape index (κ2) is 10.1. The number of carbonyl (C=O) groups excluding carboxylic acids is 2. The van der Waals surface area contributed by atoms with Crippen molar-refractivity contribution < 1.29 is 19.1 Å². The monoisotopic (exact) mass is 553 g/mol. The first kappa shape index (κ1) is 22.4. The second-order valence-electron chi connectivity index (χ2n) is 5.92. The molecule has 1 aliphatic heterocycles. The van der Waals surface area contributed by atoms with Crippen LogP contribution in [0.3, 0.4) is 0 Å². The summed E-state index contributed by atoms with van der Waals surface area (Å²) in [5.41, 5.74) is 6.96. The lowest BCUT2D eigenvalue weighted by atomic mass is 10.2. The van der Waals surface area contributed by atoms with Crippen LogP contribution >= 0.6 is 43.6 Å². The molecule has 1 heterocycles. The van der Waals surface area contributed by atoms with Gasteiger partial charge in [-0.15, -0.1) is 0 Å². The lowest BCUT2D eigenvalue weighted by Gasteiger charge is -2.16. The average molecular weight is 555 g/mol. The van der Waals surface area contributed by atoms with E-state index in [0.717, 1.165) is 11.8 Å². The fraction of sp³-hybridized carbons (Fsp3) is 0.150. The van der Waals surface area contributed by atoms with Crippen molar-refractivity contribution in [2.75, 3.05) is 18.5 Å². The fourth-order valence-corrected chi connectivity index (χ4v) is 4.15. The topological polar surface area (TPSA) is 103 Å². The van der Waals surface area contributed by atoms with Crippen LogP contribution in [0.25, 0.3) is 6.08 Å². The van der Waals surface area contributed by atoms with Crippen LogP contribution in [0.1, 0.15) is 12.5 Å². The number of carbonyl (C=O) groups is 2. The molecule has 156 valence electrons. The smallest absolute Gasteiger partial charge is 0.286 e. The van der Waals surface area contributed by atoms with E-state index in [1.807, 2.05) is 25.1 Å². The molecule has 1 aliphatic rings. The minimum Gasteiger partial charge on any atom is -0.490 e. The van der Waals surface area contributed by atoms with Crippen LogP contribution in [0.15, 0.2) is 55.2 Å². The third-order valence-corrected chi connectivity index (χ3v) is 6.74. The molecular weight excluding hydrogens is 538 g/mol. The zero-order chi connectivity index (χ0) is 21.7. The van der Waals surface area contributed by atoms with E-state index < -0.39 is 5.91 Å². The molecule has 0 radical (unpaired) electrons. The van der Waals surface area contributed by atoms with Gasteiger partial charge >= 0.3 is 0 Å². The molecule has 0 spiro atoms. The highest BCUT2D eigenvalue weighted by Gasteiger charge is 2.22. The third kappa shape index (κ3) is 5.44. The molecule has 0 aromatic heterocycles. The number of halogens is 2. The van der Waals surface area contributed by atoms with Crippen molar-refractivity contribution in [1.82, 2.24) is 0 Å². The van der Waals surface area contributed by atoms with Gasteiger partial charge in [-0.05, 0) is 80.4 Å². The average Bonchev–Trinajstić information content (AvgIpc) is 3.03. The molecular formula is C20H17Br2N3O4S. The summed E-state index contributed by atoms with van der Waals surface area (Å²) < 4.78 is 12.6. The van der Waals surface area contributed by atoms with Crippen LogP contribution in [-0.2, 0) is 9.59 Å². The zero-order valence-corrected chi connectivity index (χ0v) is 19.8. The van der Waals surface area contributed by atoms with Gasteiger partial charge in [-0.1, -0.05) is 18.2 Å². The van der Waals surface area contributed by atoms with E-state index in [1.165, 1.54) is 0 Å². The maximum absolute atomic E-state index is 12.2. The predicted molar refractivity (Wildman–Crippen MR) is 126 cm³/mol. The highest BCUT2D eigenvalue weighted by molar-refractivity contribution is 9.13. The van der Waals surface area contributed by atoms with E-state index in [9.17, 15) is 9.59 Å². The van der Waals surface area contributed by atoms with Crippen LogP contribution < -0.4 is 20.5 Å². The van der Waals surface area contributed by atoms with Crippen molar-refractivity contribution >= 4 is 72.4 Å². The Bertz CT molecular complexity index is 1040. The van der Waals surface area contributed by atoms with Gasteiger partial charge in [0.2, 0.25) is 0 Å². The number of anilines is 1. The summed E-state index contributed by atoms with van der Waals surface area (Å²) in [7, 11) is 0. The van der Waals surface area contributed by atoms with Gasteiger partial charge < -0.3 is 20.5 Å². The number of hydrogen-bond donors (Lipinski definition) is 2. The number of rotatable bonds is 7. The molecule has 2 amide bonds. The van der Waals surface area contributed by atoms with Gasteiger partial charge in [0, 0.05) is 10.2 Å². The molecule has 0 aliphatic carbocycles. The molecule has 0 saturated carbocycles. The first-order valence-electron chi connectivity index (χ1n) is 8.79. The number of hydrogen-bond acceptors (Lipinski definition) is 6. The van der Waals surface area contributed by atoms with Crippen molar-refractivity contribution in [2.45, 2.75) is 6.92 Å². The molecule has 30 heavy (non-hydrogen) atoms. The maximum Gasteiger partial charge on any atom is 0.286 e. The minimum absolute atomic E-state index is 0.204. The molecule has 3 N–H and O–H groups in total. The number of nitrogens with one attached hydrogen (secondary N) is 1. The Morgan fingerprint density at radius 2 is 1.97 bits per heavy atom. The number of amides is 2. The molecule has 0 saturated heterocycles. The van der Waals surface area contributed by atoms with E-state index in [4.69, 9.17) is 15.2 Å². The summed E-state index contributed by atoms with van der Waals surface area (Å²) in [4.78, 5) is 28.2. The van der Waals surface area contributed by atoms with Crippen LogP contribution in [0.5, 0.6) is 11.5 Å². The minimum atomic E-state index is -0.392. The maximum atomic E-state index is 12.2. The van der Waals surface area contributed by atoms with Crippen molar-refractivity contribution in [1.29, 1.82) is 0 Å². The number of amidine groups is 1. The first-order chi connectivity index (χ1) is 14.4. The van der Waals surface area contributed by atoms with Crippen molar-refractivity contribution in [3.8, 4) is 11.5 Å². The molecule has 0 fully saturated rings. The van der Waals surface area contributed by atoms with Crippen molar-refractivity contribution in [3.05, 3.63) is 55.8 Å². The van der Waals surface area contributed by atoms with Gasteiger partial charge in [-0.25, -0.2) is 0 Å². The lowest BCUT2D eigenvalue weighted by Crippen LogP contribution is -2.20. The molecule has 2 aromatic carbocycles. The summed E-state index contributed by atoms with van der Waals surface area (Å²) in [6.45, 7) is 2.02. The van der Waals surface area contributed by atoms with Crippen molar-refractivity contribution in [2.24, 2.45) is 10.7 Å². The van der Waals surface area contributed by atoms with E-state index in [0.29, 0.717) is 43.2 Å². The van der Waals surface area contributed by atoms with Gasteiger partial charge in [0.15, 0.2) is 23.3 Å². The molecule has 3 rings (SSSR count). The Balaban J connectivity index is 1.82. The van der Waals surface area contributed by atoms with E-state index >= 15 is 0 Å². The van der Waals surface area contributed by atoms with Crippen LogP contribution in [0, 0.1) is 0 Å². The number of para-hydroxylation sites is 1. The predicted octanol–water partition coefficient (Wildman–Crippen LogP) is 4.56. The SMILES string of the molecule is CCOc1cc(/C=C2\SC(N)=NC2=O)c(Br)c(Br)c1OCC(=O)Nc1ccccc1. The van der Waals surface area contributed by atoms with Crippen LogP contribution in [-0.4, -0.2) is 30.2 Å². The molecule has 0 bridgehead atoms. The summed E-state index contributed by atoms with van der Waals surface area (Å²) in [6.07, 6.45) is 1.67. The molecule has 0 atom stereocenters. The Labute approximate surface area is 194 Å². The lowest BCUT2D eigenvalue weighted by molar-refractivity contribution is -0.118. The van der Waals surface area contributed by atoms with Crippen LogP contribution in [0.2, 0.25) is 0 Å². The summed E-state index contributed by atoms with van der Waals surface area (Å²) in [5, 5.41) is 2.96. The van der Waals surface area contributed by atoms with Gasteiger partial charge in [0.05, 0.1) is 16.0 Å². The van der Waals surface area contributed by atoms with Gasteiger partial charge in [-0.3, -0.25) is 9.59 Å². The number of thioether (sulfide) groups is 1. The van der Waals surface area contributed by atoms with E-state index in [2.05, 4.69) is 42.2 Å². The number of aliphatic imine (C=N–C) groups is 1. The van der Waals surface area contributed by atoms with E-state index in [-0.39, 0.29) is 17.7 Å². The van der Waals surface area contributed by atoms with Crippen LogP contribution in [0.4, 0.5) is 5.69 Å². The summed E-state index contributed by atoms with van der Waals surface area (Å²) >= 11 is 8.09. The van der Waals surface area contributed by atoms with Crippen molar-refractivity contribution in [3.63, 3.8) is 0 Å². The van der Waals surface area contributed by atoms with Gasteiger partial charge in [-0.2, -0.15) is 4.99 Å². The number of ether oxygens (including phenoxy) is 2. The van der Waals surface area contributed by atoms with Gasteiger partial charge in [0.1, 0.15) is 0 Å². The number of nitrogens with two attached hydrogens (primary N) is 1. The Morgan fingerprint density at radius 3 is 2.60 bits per heavy atom. The highest BCUT2D eigenvalue weighted by Crippen LogP contribution is 2.44. The summed E-state index contributed by atoms with van der Waals surface area (Å²) in [6, 6.07) is 10.8. The Hall–Kier alpha value is -2.30. The fourth-order valence-electron chi connectivity index (χ4n) is 2.53. The normalized spacial score (nSPS) is 14.6. The highest BCUT2D eigenvalue weighted by atomic mass is 79.9. The quantitative estimate of drug-likeness (QED) is 0.486. The largest absolute Gasteiger partial charge is 0.490 e. The molecule has 0 unspecified atom stereocenters. The molecule has 2 aromatic rings. The number of benzene rings is 2. The first-order valence-corrected chi connectivity index (χ1v) is 11.2.